The highest BCUT2D eigenvalue weighted by Crippen LogP contribution is 2.25. The van der Waals surface area contributed by atoms with Crippen molar-refractivity contribution in [3.8, 4) is 0 Å². The number of hydrogen-bond acceptors (Lipinski definition) is 2. The molecule has 0 aliphatic rings. The van der Waals surface area contributed by atoms with Crippen molar-refractivity contribution < 1.29 is 0 Å². The second-order valence-electron chi connectivity index (χ2n) is 3.90. The summed E-state index contributed by atoms with van der Waals surface area (Å²) in [5.74, 6) is 1.07. The molecule has 0 radical (unpaired) electrons. The Labute approximate surface area is 73.8 Å². The van der Waals surface area contributed by atoms with Gasteiger partial charge in [-0.2, -0.15) is 0 Å². The van der Waals surface area contributed by atoms with Crippen molar-refractivity contribution in [2.45, 2.75) is 39.0 Å². The van der Waals surface area contributed by atoms with Crippen LogP contribution < -0.4 is 0 Å². The predicted octanol–water partition coefficient (Wildman–Crippen LogP) is 1.89. The monoisotopic (exact) mass is 167 g/mol. The topological polar surface area (TPSA) is 30.7 Å². The number of aromatic nitrogens is 3. The summed E-state index contributed by atoms with van der Waals surface area (Å²) in [4.78, 5) is 0. The Bertz CT molecular complexity index is 250. The zero-order valence-corrected chi connectivity index (χ0v) is 8.33. The van der Waals surface area contributed by atoms with E-state index in [1.165, 1.54) is 6.42 Å². The lowest BCUT2D eigenvalue weighted by atomic mass is 9.87. The van der Waals surface area contributed by atoms with Crippen LogP contribution in [0.15, 0.2) is 6.33 Å². The Kier molecular flexibility index (Phi) is 2.50. The summed E-state index contributed by atoms with van der Waals surface area (Å²) < 4.78 is 2.00. The molecule has 1 rings (SSSR count). The second kappa shape index (κ2) is 3.25. The maximum atomic E-state index is 4.12. The van der Waals surface area contributed by atoms with Gasteiger partial charge in [0.1, 0.15) is 12.2 Å². The van der Waals surface area contributed by atoms with Crippen molar-refractivity contribution in [1.82, 2.24) is 14.8 Å². The number of rotatable bonds is 3. The van der Waals surface area contributed by atoms with Gasteiger partial charge in [-0.15, -0.1) is 10.2 Å². The smallest absolute Gasteiger partial charge is 0.138 e. The maximum absolute atomic E-state index is 4.12. The number of hydrogen-bond donors (Lipinski definition) is 0. The van der Waals surface area contributed by atoms with Crippen LogP contribution >= 0.6 is 0 Å². The summed E-state index contributed by atoms with van der Waals surface area (Å²) in [7, 11) is 1.99. The first-order valence-electron chi connectivity index (χ1n) is 4.42. The SMILES string of the molecule is CCCC(C)(C)c1nncn1C. The fraction of sp³-hybridized carbons (Fsp3) is 0.778. The molecule has 0 bridgehead atoms. The third-order valence-electron chi connectivity index (χ3n) is 2.19. The molecule has 0 atom stereocenters. The molecule has 0 spiro atoms. The third-order valence-corrected chi connectivity index (χ3v) is 2.19. The third kappa shape index (κ3) is 1.65. The Morgan fingerprint density at radius 1 is 1.50 bits per heavy atom. The molecule has 1 heterocycles. The molecule has 0 fully saturated rings. The van der Waals surface area contributed by atoms with E-state index in [0.717, 1.165) is 12.2 Å². The van der Waals surface area contributed by atoms with Crippen LogP contribution in [-0.2, 0) is 12.5 Å². The van der Waals surface area contributed by atoms with Crippen molar-refractivity contribution >= 4 is 0 Å². The van der Waals surface area contributed by atoms with E-state index >= 15 is 0 Å². The first kappa shape index (κ1) is 9.23. The molecule has 0 aliphatic heterocycles. The minimum Gasteiger partial charge on any atom is -0.320 e. The van der Waals surface area contributed by atoms with Gasteiger partial charge in [-0.05, 0) is 6.42 Å². The molecule has 3 nitrogen and oxygen atoms in total. The Morgan fingerprint density at radius 3 is 2.58 bits per heavy atom. The van der Waals surface area contributed by atoms with Gasteiger partial charge >= 0.3 is 0 Å². The lowest BCUT2D eigenvalue weighted by Crippen LogP contribution is -2.21. The summed E-state index contributed by atoms with van der Waals surface area (Å²) in [6, 6.07) is 0. The van der Waals surface area contributed by atoms with Crippen molar-refractivity contribution in [3.63, 3.8) is 0 Å². The van der Waals surface area contributed by atoms with Crippen LogP contribution in [0.1, 0.15) is 39.4 Å². The highest BCUT2D eigenvalue weighted by molar-refractivity contribution is 5.02. The molecule has 1 aromatic rings. The molecule has 0 saturated heterocycles. The molecule has 0 N–H and O–H groups in total. The molecule has 0 aliphatic carbocycles. The van der Waals surface area contributed by atoms with Crippen LogP contribution in [0, 0.1) is 0 Å². The molecule has 1 aromatic heterocycles. The van der Waals surface area contributed by atoms with Crippen molar-refractivity contribution in [2.75, 3.05) is 0 Å². The van der Waals surface area contributed by atoms with Crippen LogP contribution in [0.25, 0.3) is 0 Å². The van der Waals surface area contributed by atoms with E-state index in [4.69, 9.17) is 0 Å². The van der Waals surface area contributed by atoms with Gasteiger partial charge in [0, 0.05) is 12.5 Å². The maximum Gasteiger partial charge on any atom is 0.138 e. The second-order valence-corrected chi connectivity index (χ2v) is 3.90. The van der Waals surface area contributed by atoms with E-state index in [1.54, 1.807) is 6.33 Å². The average molecular weight is 167 g/mol. The Balaban J connectivity index is 2.88. The van der Waals surface area contributed by atoms with Gasteiger partial charge in [-0.25, -0.2) is 0 Å². The first-order chi connectivity index (χ1) is 5.58. The van der Waals surface area contributed by atoms with E-state index in [9.17, 15) is 0 Å². The van der Waals surface area contributed by atoms with E-state index in [2.05, 4.69) is 31.0 Å². The van der Waals surface area contributed by atoms with Gasteiger partial charge in [0.05, 0.1) is 0 Å². The fourth-order valence-electron chi connectivity index (χ4n) is 1.63. The first-order valence-corrected chi connectivity index (χ1v) is 4.42. The highest BCUT2D eigenvalue weighted by Gasteiger charge is 2.24. The molecule has 12 heavy (non-hydrogen) atoms. The summed E-state index contributed by atoms with van der Waals surface area (Å²) in [5.41, 5.74) is 0.153. The largest absolute Gasteiger partial charge is 0.320 e. The lowest BCUT2D eigenvalue weighted by Gasteiger charge is -2.22. The molecule has 0 aromatic carbocycles. The van der Waals surface area contributed by atoms with Crippen LogP contribution in [0.2, 0.25) is 0 Å². The van der Waals surface area contributed by atoms with E-state index in [0.29, 0.717) is 0 Å². The average Bonchev–Trinajstić information content (AvgIpc) is 2.35. The van der Waals surface area contributed by atoms with Crippen LogP contribution in [-0.4, -0.2) is 14.8 Å². The minimum atomic E-state index is 0.153. The van der Waals surface area contributed by atoms with Crippen LogP contribution in [0.5, 0.6) is 0 Å². The zero-order valence-electron chi connectivity index (χ0n) is 8.33. The standard InChI is InChI=1S/C9H17N3/c1-5-6-9(2,3)8-11-10-7-12(8)4/h7H,5-6H2,1-4H3. The van der Waals surface area contributed by atoms with Crippen LogP contribution in [0.3, 0.4) is 0 Å². The Hall–Kier alpha value is -0.860. The van der Waals surface area contributed by atoms with E-state index in [1.807, 2.05) is 11.6 Å². The van der Waals surface area contributed by atoms with Gasteiger partial charge in [0.25, 0.3) is 0 Å². The summed E-state index contributed by atoms with van der Waals surface area (Å²) >= 11 is 0. The van der Waals surface area contributed by atoms with Gasteiger partial charge in [-0.1, -0.05) is 27.2 Å². The van der Waals surface area contributed by atoms with Gasteiger partial charge in [-0.3, -0.25) is 0 Å². The predicted molar refractivity (Wildman–Crippen MR) is 48.9 cm³/mol. The van der Waals surface area contributed by atoms with Gasteiger partial charge < -0.3 is 4.57 Å². The zero-order chi connectivity index (χ0) is 9.19. The quantitative estimate of drug-likeness (QED) is 0.688. The molecular formula is C9H17N3. The molecule has 0 amide bonds. The van der Waals surface area contributed by atoms with Crippen LogP contribution in [0.4, 0.5) is 0 Å². The highest BCUT2D eigenvalue weighted by atomic mass is 15.3. The fourth-order valence-corrected chi connectivity index (χ4v) is 1.63. The Morgan fingerprint density at radius 2 is 2.17 bits per heavy atom. The summed E-state index contributed by atoms with van der Waals surface area (Å²) in [5, 5.41) is 8.00. The van der Waals surface area contributed by atoms with Gasteiger partial charge in [0.2, 0.25) is 0 Å². The normalized spacial score (nSPS) is 12.0. The molecule has 3 heteroatoms. The molecule has 0 saturated carbocycles. The van der Waals surface area contributed by atoms with Crippen molar-refractivity contribution in [3.05, 3.63) is 12.2 Å². The van der Waals surface area contributed by atoms with Crippen molar-refractivity contribution in [1.29, 1.82) is 0 Å². The van der Waals surface area contributed by atoms with E-state index < -0.39 is 0 Å². The molecule has 68 valence electrons. The number of aryl methyl sites for hydroxylation is 1. The number of nitrogens with zero attached hydrogens (tertiary/aromatic N) is 3. The summed E-state index contributed by atoms with van der Waals surface area (Å²) in [6.45, 7) is 6.61. The molecule has 0 unspecified atom stereocenters. The summed E-state index contributed by atoms with van der Waals surface area (Å²) in [6.07, 6.45) is 4.09. The lowest BCUT2D eigenvalue weighted by molar-refractivity contribution is 0.430. The minimum absolute atomic E-state index is 0.153. The molecular weight excluding hydrogens is 150 g/mol. The van der Waals surface area contributed by atoms with E-state index in [-0.39, 0.29) is 5.41 Å². The van der Waals surface area contributed by atoms with Gasteiger partial charge in [0.15, 0.2) is 0 Å². The van der Waals surface area contributed by atoms with Crippen molar-refractivity contribution in [2.24, 2.45) is 7.05 Å².